The van der Waals surface area contributed by atoms with Gasteiger partial charge in [-0.3, -0.25) is 14.2 Å². The predicted octanol–water partition coefficient (Wildman–Crippen LogP) is 0.841. The maximum Gasteiger partial charge on any atom is 0.349 e. The second-order valence-electron chi connectivity index (χ2n) is 3.14. The van der Waals surface area contributed by atoms with E-state index < -0.39 is 19.5 Å². The van der Waals surface area contributed by atoms with Gasteiger partial charge in [-0.1, -0.05) is 0 Å². The zero-order valence-corrected chi connectivity index (χ0v) is 11.4. The molecule has 0 fully saturated rings. The van der Waals surface area contributed by atoms with Gasteiger partial charge >= 0.3 is 13.6 Å². The van der Waals surface area contributed by atoms with Gasteiger partial charge in [-0.05, 0) is 6.92 Å². The fraction of sp³-hybridized carbons (Fsp3) is 0.778. The number of hydrogen-bond acceptors (Lipinski definition) is 6. The van der Waals surface area contributed by atoms with E-state index in [4.69, 9.17) is 13.8 Å². The molecule has 0 aliphatic rings. The predicted molar refractivity (Wildman–Crippen MR) is 60.5 cm³/mol. The summed E-state index contributed by atoms with van der Waals surface area (Å²) in [6.07, 6.45) is -0.284. The summed E-state index contributed by atoms with van der Waals surface area (Å²) in [5.41, 5.74) is 0. The number of hydrogen-bond donors (Lipinski definition) is 0. The lowest BCUT2D eigenvalue weighted by Crippen LogP contribution is -2.35. The van der Waals surface area contributed by atoms with Crippen LogP contribution in [0.4, 0.5) is 0 Å². The van der Waals surface area contributed by atoms with Crippen LogP contribution in [0, 0.1) is 0 Å². The molecule has 100 valence electrons. The molecular formula is C9H18NO6P. The first-order valence-electron chi connectivity index (χ1n) is 5.00. The zero-order valence-electron chi connectivity index (χ0n) is 10.5. The molecule has 8 heteroatoms. The summed E-state index contributed by atoms with van der Waals surface area (Å²) in [6.45, 7) is 2.86. The van der Waals surface area contributed by atoms with Gasteiger partial charge in [0.15, 0.2) is 0 Å². The smallest absolute Gasteiger partial charge is 0.349 e. The number of esters is 1. The molecule has 1 amide bonds. The summed E-state index contributed by atoms with van der Waals surface area (Å²) in [5.74, 6) is -0.978. The minimum absolute atomic E-state index is 0.219. The quantitative estimate of drug-likeness (QED) is 0.502. The molecule has 0 radical (unpaired) electrons. The molecule has 0 N–H and O–H groups in total. The average Bonchev–Trinajstić information content (AvgIpc) is 2.28. The van der Waals surface area contributed by atoms with Gasteiger partial charge in [0.05, 0.1) is 6.61 Å². The van der Waals surface area contributed by atoms with E-state index in [9.17, 15) is 14.2 Å². The number of carbonyl (C=O) groups is 2. The molecule has 0 spiro atoms. The van der Waals surface area contributed by atoms with Gasteiger partial charge in [0.1, 0.15) is 12.8 Å². The maximum absolute atomic E-state index is 11.8. The van der Waals surface area contributed by atoms with Crippen LogP contribution in [0.3, 0.4) is 0 Å². The Bertz CT molecular complexity index is 311. The minimum Gasteiger partial charge on any atom is -0.465 e. The average molecular weight is 267 g/mol. The van der Waals surface area contributed by atoms with E-state index in [1.807, 2.05) is 0 Å². The first kappa shape index (κ1) is 16.1. The first-order valence-corrected chi connectivity index (χ1v) is 6.73. The number of carbonyl (C=O) groups excluding carboxylic acids is 2. The molecule has 7 nitrogen and oxygen atoms in total. The third kappa shape index (κ3) is 5.81. The Morgan fingerprint density at radius 3 is 2.12 bits per heavy atom. The van der Waals surface area contributed by atoms with Crippen LogP contribution in [0.15, 0.2) is 0 Å². The standard InChI is InChI=1S/C9H18NO6P/c1-5-16-9(12)6-10(8(2)11)7-17(13,14-3)15-4/h5-7H2,1-4H3. The van der Waals surface area contributed by atoms with Crippen molar-refractivity contribution in [1.29, 1.82) is 0 Å². The van der Waals surface area contributed by atoms with Gasteiger partial charge in [-0.15, -0.1) is 0 Å². The summed E-state index contributed by atoms with van der Waals surface area (Å²) in [7, 11) is -0.939. The fourth-order valence-electron chi connectivity index (χ4n) is 1.02. The molecule has 0 aromatic heterocycles. The van der Waals surface area contributed by atoms with Crippen molar-refractivity contribution in [3.05, 3.63) is 0 Å². The second kappa shape index (κ2) is 7.42. The Balaban J connectivity index is 4.60. The monoisotopic (exact) mass is 267 g/mol. The van der Waals surface area contributed by atoms with Crippen LogP contribution in [0.25, 0.3) is 0 Å². The number of ether oxygens (including phenoxy) is 1. The molecule has 17 heavy (non-hydrogen) atoms. The van der Waals surface area contributed by atoms with Gasteiger partial charge in [0.25, 0.3) is 0 Å². The molecule has 0 aromatic carbocycles. The topological polar surface area (TPSA) is 82.1 Å². The molecule has 0 aliphatic carbocycles. The number of rotatable bonds is 7. The van der Waals surface area contributed by atoms with Crippen molar-refractivity contribution in [2.24, 2.45) is 0 Å². The summed E-state index contributed by atoms with van der Waals surface area (Å²) in [6, 6.07) is 0. The second-order valence-corrected chi connectivity index (χ2v) is 5.37. The third-order valence-corrected chi connectivity index (χ3v) is 3.77. The van der Waals surface area contributed by atoms with Crippen molar-refractivity contribution < 1.29 is 27.9 Å². The molecular weight excluding hydrogens is 249 g/mol. The molecule has 0 aliphatic heterocycles. The van der Waals surface area contributed by atoms with Gasteiger partial charge in [-0.2, -0.15) is 0 Å². The highest BCUT2D eigenvalue weighted by Gasteiger charge is 2.28. The summed E-state index contributed by atoms with van der Waals surface area (Å²) < 4.78 is 25.9. The summed E-state index contributed by atoms with van der Waals surface area (Å²) >= 11 is 0. The van der Waals surface area contributed by atoms with Gasteiger partial charge < -0.3 is 18.7 Å². The number of nitrogens with zero attached hydrogens (tertiary/aromatic N) is 1. The van der Waals surface area contributed by atoms with E-state index >= 15 is 0 Å². The van der Waals surface area contributed by atoms with Crippen molar-refractivity contribution in [2.75, 3.05) is 33.7 Å². The molecule has 0 atom stereocenters. The Labute approximate surface area is 101 Å². The van der Waals surface area contributed by atoms with Crippen LogP contribution >= 0.6 is 7.60 Å². The van der Waals surface area contributed by atoms with Crippen LogP contribution in [0.5, 0.6) is 0 Å². The van der Waals surface area contributed by atoms with Crippen molar-refractivity contribution in [1.82, 2.24) is 4.90 Å². The Hall–Kier alpha value is -0.910. The zero-order chi connectivity index (χ0) is 13.5. The highest BCUT2D eigenvalue weighted by molar-refractivity contribution is 7.53. The van der Waals surface area contributed by atoms with Crippen LogP contribution in [0.1, 0.15) is 13.8 Å². The van der Waals surface area contributed by atoms with E-state index in [0.29, 0.717) is 0 Å². The molecule has 0 saturated heterocycles. The normalized spacial score (nSPS) is 11.1. The van der Waals surface area contributed by atoms with E-state index in [1.165, 1.54) is 21.1 Å². The Morgan fingerprint density at radius 1 is 1.24 bits per heavy atom. The van der Waals surface area contributed by atoms with Crippen molar-refractivity contribution in [2.45, 2.75) is 13.8 Å². The van der Waals surface area contributed by atoms with E-state index in [2.05, 4.69) is 0 Å². The van der Waals surface area contributed by atoms with Gasteiger partial charge in [0.2, 0.25) is 5.91 Å². The molecule has 0 heterocycles. The maximum atomic E-state index is 11.8. The lowest BCUT2D eigenvalue weighted by molar-refractivity contribution is -0.147. The minimum atomic E-state index is -3.37. The van der Waals surface area contributed by atoms with E-state index in [0.717, 1.165) is 4.90 Å². The van der Waals surface area contributed by atoms with Crippen LogP contribution in [-0.4, -0.2) is 50.4 Å². The Kier molecular flexibility index (Phi) is 7.03. The highest BCUT2D eigenvalue weighted by atomic mass is 31.2. The first-order chi connectivity index (χ1) is 7.88. The van der Waals surface area contributed by atoms with Gasteiger partial charge in [0, 0.05) is 21.1 Å². The lowest BCUT2D eigenvalue weighted by Gasteiger charge is -2.23. The summed E-state index contributed by atoms with van der Waals surface area (Å²) in [4.78, 5) is 23.6. The SMILES string of the molecule is CCOC(=O)CN(CP(=O)(OC)OC)C(C)=O. The van der Waals surface area contributed by atoms with E-state index in [1.54, 1.807) is 6.92 Å². The largest absolute Gasteiger partial charge is 0.465 e. The molecule has 0 rings (SSSR count). The van der Waals surface area contributed by atoms with Crippen LogP contribution in [0.2, 0.25) is 0 Å². The Morgan fingerprint density at radius 2 is 1.76 bits per heavy atom. The van der Waals surface area contributed by atoms with Gasteiger partial charge in [-0.25, -0.2) is 0 Å². The highest BCUT2D eigenvalue weighted by Crippen LogP contribution is 2.46. The van der Waals surface area contributed by atoms with Crippen LogP contribution in [-0.2, 0) is 27.9 Å². The lowest BCUT2D eigenvalue weighted by atomic mass is 10.5. The summed E-state index contributed by atoms with van der Waals surface area (Å²) in [5, 5.41) is 0. The van der Waals surface area contributed by atoms with Crippen molar-refractivity contribution in [3.63, 3.8) is 0 Å². The molecule has 0 unspecified atom stereocenters. The third-order valence-electron chi connectivity index (χ3n) is 1.97. The van der Waals surface area contributed by atoms with Crippen molar-refractivity contribution in [3.8, 4) is 0 Å². The molecule has 0 bridgehead atoms. The van der Waals surface area contributed by atoms with Crippen LogP contribution < -0.4 is 0 Å². The molecule has 0 aromatic rings. The van der Waals surface area contributed by atoms with Crippen molar-refractivity contribution >= 4 is 19.5 Å². The molecule has 0 saturated carbocycles. The number of amides is 1. The van der Waals surface area contributed by atoms with E-state index in [-0.39, 0.29) is 19.4 Å². The fourth-order valence-corrected chi connectivity index (χ4v) is 2.12.